The van der Waals surface area contributed by atoms with Gasteiger partial charge in [0, 0.05) is 11.8 Å². The highest BCUT2D eigenvalue weighted by Crippen LogP contribution is 2.27. The van der Waals surface area contributed by atoms with E-state index in [1.54, 1.807) is 0 Å². The minimum atomic E-state index is -3.43. The maximum atomic E-state index is 13.4. The summed E-state index contributed by atoms with van der Waals surface area (Å²) in [4.78, 5) is 12.5. The number of ether oxygens (including phenoxy) is 1. The number of sulfone groups is 1. The van der Waals surface area contributed by atoms with Crippen molar-refractivity contribution in [2.24, 2.45) is 0 Å². The molecule has 22 heavy (non-hydrogen) atoms. The van der Waals surface area contributed by atoms with E-state index in [0.29, 0.717) is 0 Å². The fourth-order valence-electron chi connectivity index (χ4n) is 1.91. The molecular formula is C15H12ClFO4S. The summed E-state index contributed by atoms with van der Waals surface area (Å²) in [5.74, 6) is -0.941. The summed E-state index contributed by atoms with van der Waals surface area (Å²) in [6.07, 6.45) is 1.04. The van der Waals surface area contributed by atoms with E-state index in [1.807, 2.05) is 0 Å². The molecule has 2 aromatic carbocycles. The summed E-state index contributed by atoms with van der Waals surface area (Å²) in [5, 5.41) is -0.0285. The van der Waals surface area contributed by atoms with Gasteiger partial charge in [0.05, 0.1) is 22.6 Å². The van der Waals surface area contributed by atoms with Gasteiger partial charge in [-0.1, -0.05) is 11.6 Å². The summed E-state index contributed by atoms with van der Waals surface area (Å²) >= 11 is 6.00. The molecule has 4 nitrogen and oxygen atoms in total. The van der Waals surface area contributed by atoms with Crippen LogP contribution < -0.4 is 4.74 Å². The Balaban J connectivity index is 2.53. The van der Waals surface area contributed by atoms with Gasteiger partial charge in [-0.05, 0) is 36.4 Å². The molecule has 2 rings (SSSR count). The normalized spacial score (nSPS) is 11.3. The van der Waals surface area contributed by atoms with Crippen LogP contribution in [-0.2, 0) is 9.84 Å². The molecule has 0 aliphatic heterocycles. The van der Waals surface area contributed by atoms with Crippen LogP contribution >= 0.6 is 11.6 Å². The van der Waals surface area contributed by atoms with E-state index >= 15 is 0 Å². The Labute approximate surface area is 132 Å². The van der Waals surface area contributed by atoms with Crippen LogP contribution in [0.4, 0.5) is 4.39 Å². The SMILES string of the molecule is COc1ccc(F)cc1C(=O)c1ccc(S(C)(=O)=O)cc1Cl. The highest BCUT2D eigenvalue weighted by molar-refractivity contribution is 7.90. The van der Waals surface area contributed by atoms with Gasteiger partial charge >= 0.3 is 0 Å². The molecule has 0 saturated carbocycles. The largest absolute Gasteiger partial charge is 0.496 e. The summed E-state index contributed by atoms with van der Waals surface area (Å²) in [5.41, 5.74) is 0.0782. The van der Waals surface area contributed by atoms with E-state index in [2.05, 4.69) is 0 Å². The molecule has 0 radical (unpaired) electrons. The van der Waals surface area contributed by atoms with Crippen LogP contribution in [0, 0.1) is 5.82 Å². The Kier molecular flexibility index (Phi) is 4.53. The smallest absolute Gasteiger partial charge is 0.198 e. The van der Waals surface area contributed by atoms with Crippen molar-refractivity contribution in [3.05, 3.63) is 58.4 Å². The summed E-state index contributed by atoms with van der Waals surface area (Å²) in [6.45, 7) is 0. The van der Waals surface area contributed by atoms with Crippen molar-refractivity contribution in [2.45, 2.75) is 4.90 Å². The summed E-state index contributed by atoms with van der Waals surface area (Å²) in [6, 6.07) is 7.31. The van der Waals surface area contributed by atoms with Crippen molar-refractivity contribution < 1.29 is 22.3 Å². The quantitative estimate of drug-likeness (QED) is 0.801. The molecule has 0 fully saturated rings. The minimum Gasteiger partial charge on any atom is -0.496 e. The molecule has 0 heterocycles. The lowest BCUT2D eigenvalue weighted by atomic mass is 10.0. The number of benzene rings is 2. The molecule has 2 aromatic rings. The second-order valence-corrected chi connectivity index (χ2v) is 7.01. The molecule has 0 saturated heterocycles. The number of rotatable bonds is 4. The first-order valence-corrected chi connectivity index (χ1v) is 8.39. The van der Waals surface area contributed by atoms with Gasteiger partial charge in [-0.25, -0.2) is 12.8 Å². The average Bonchev–Trinajstić information content (AvgIpc) is 2.45. The molecule has 0 atom stereocenters. The average molecular weight is 343 g/mol. The van der Waals surface area contributed by atoms with Gasteiger partial charge < -0.3 is 4.74 Å². The Morgan fingerprint density at radius 1 is 1.14 bits per heavy atom. The topological polar surface area (TPSA) is 60.4 Å². The maximum Gasteiger partial charge on any atom is 0.198 e. The first-order valence-electron chi connectivity index (χ1n) is 6.12. The predicted molar refractivity (Wildman–Crippen MR) is 80.9 cm³/mol. The van der Waals surface area contributed by atoms with Gasteiger partial charge in [-0.3, -0.25) is 4.79 Å². The second-order valence-electron chi connectivity index (χ2n) is 4.59. The third kappa shape index (κ3) is 3.28. The van der Waals surface area contributed by atoms with Crippen molar-refractivity contribution in [3.8, 4) is 5.75 Å². The minimum absolute atomic E-state index is 0.000238. The first-order chi connectivity index (χ1) is 10.2. The second kappa shape index (κ2) is 6.06. The molecule has 0 aliphatic rings. The molecule has 0 unspecified atom stereocenters. The van der Waals surface area contributed by atoms with Crippen LogP contribution in [0.2, 0.25) is 5.02 Å². The van der Waals surface area contributed by atoms with Gasteiger partial charge in [0.25, 0.3) is 0 Å². The van der Waals surface area contributed by atoms with Crippen molar-refractivity contribution in [1.29, 1.82) is 0 Å². The fraction of sp³-hybridized carbons (Fsp3) is 0.133. The van der Waals surface area contributed by atoms with Crippen molar-refractivity contribution in [2.75, 3.05) is 13.4 Å². The lowest BCUT2D eigenvalue weighted by Gasteiger charge is -2.09. The molecule has 0 spiro atoms. The van der Waals surface area contributed by atoms with Gasteiger partial charge in [-0.2, -0.15) is 0 Å². The number of ketones is 1. The molecule has 7 heteroatoms. The third-order valence-corrected chi connectivity index (χ3v) is 4.44. The first kappa shape index (κ1) is 16.5. The Morgan fingerprint density at radius 2 is 1.82 bits per heavy atom. The maximum absolute atomic E-state index is 13.4. The number of methoxy groups -OCH3 is 1. The molecule has 0 N–H and O–H groups in total. The molecule has 0 aliphatic carbocycles. The van der Waals surface area contributed by atoms with Gasteiger partial charge in [0.1, 0.15) is 11.6 Å². The monoisotopic (exact) mass is 342 g/mol. The van der Waals surface area contributed by atoms with E-state index in [0.717, 1.165) is 12.3 Å². The Morgan fingerprint density at radius 3 is 2.36 bits per heavy atom. The van der Waals surface area contributed by atoms with E-state index in [4.69, 9.17) is 16.3 Å². The zero-order valence-corrected chi connectivity index (χ0v) is 13.3. The van der Waals surface area contributed by atoms with E-state index in [-0.39, 0.29) is 26.8 Å². The van der Waals surface area contributed by atoms with Crippen molar-refractivity contribution in [1.82, 2.24) is 0 Å². The van der Waals surface area contributed by atoms with E-state index in [9.17, 15) is 17.6 Å². The van der Waals surface area contributed by atoms with Crippen LogP contribution in [0.1, 0.15) is 15.9 Å². The lowest BCUT2D eigenvalue weighted by Crippen LogP contribution is -2.06. The van der Waals surface area contributed by atoms with Crippen LogP contribution in [-0.4, -0.2) is 27.6 Å². The van der Waals surface area contributed by atoms with Gasteiger partial charge in [-0.15, -0.1) is 0 Å². The van der Waals surface area contributed by atoms with Crippen LogP contribution in [0.3, 0.4) is 0 Å². The number of carbonyl (C=O) groups excluding carboxylic acids is 1. The van der Waals surface area contributed by atoms with Gasteiger partial charge in [0.15, 0.2) is 15.6 Å². The molecular weight excluding hydrogens is 331 g/mol. The fourth-order valence-corrected chi connectivity index (χ4v) is 2.89. The lowest BCUT2D eigenvalue weighted by molar-refractivity contribution is 0.103. The molecule has 0 aromatic heterocycles. The molecule has 0 bridgehead atoms. The molecule has 116 valence electrons. The van der Waals surface area contributed by atoms with E-state index < -0.39 is 21.4 Å². The Bertz CT molecular complexity index is 847. The zero-order chi connectivity index (χ0) is 16.5. The van der Waals surface area contributed by atoms with E-state index in [1.165, 1.54) is 37.4 Å². The number of hydrogen-bond donors (Lipinski definition) is 0. The van der Waals surface area contributed by atoms with Crippen LogP contribution in [0.5, 0.6) is 5.75 Å². The predicted octanol–water partition coefficient (Wildman–Crippen LogP) is 3.12. The zero-order valence-electron chi connectivity index (χ0n) is 11.8. The highest BCUT2D eigenvalue weighted by Gasteiger charge is 2.19. The number of halogens is 2. The molecule has 0 amide bonds. The Hall–Kier alpha value is -1.92. The summed E-state index contributed by atoms with van der Waals surface area (Å²) < 4.78 is 41.3. The standard InChI is InChI=1S/C15H12ClFO4S/c1-21-14-6-3-9(17)7-12(14)15(18)11-5-4-10(8-13(11)16)22(2,19)20/h3-8H,1-2H3. The van der Waals surface area contributed by atoms with Crippen LogP contribution in [0.25, 0.3) is 0 Å². The summed E-state index contributed by atoms with van der Waals surface area (Å²) in [7, 11) is -2.07. The van der Waals surface area contributed by atoms with Crippen molar-refractivity contribution in [3.63, 3.8) is 0 Å². The van der Waals surface area contributed by atoms with Crippen LogP contribution in [0.15, 0.2) is 41.3 Å². The van der Waals surface area contributed by atoms with Crippen molar-refractivity contribution >= 4 is 27.2 Å². The highest BCUT2D eigenvalue weighted by atomic mass is 35.5. The number of carbonyl (C=O) groups is 1. The number of hydrogen-bond acceptors (Lipinski definition) is 4. The van der Waals surface area contributed by atoms with Gasteiger partial charge in [0.2, 0.25) is 0 Å². The third-order valence-electron chi connectivity index (χ3n) is 3.02.